The van der Waals surface area contributed by atoms with Crippen LogP contribution in [0.4, 0.5) is 0 Å². The number of nitrogens with one attached hydrogen (secondary N) is 1. The maximum Gasteiger partial charge on any atom is 0.244 e. The number of piperidine rings is 1. The molecule has 1 N–H and O–H groups in total. The van der Waals surface area contributed by atoms with E-state index in [9.17, 15) is 8.42 Å². The molecule has 3 heterocycles. The molecule has 0 aliphatic carbocycles. The van der Waals surface area contributed by atoms with Crippen LogP contribution in [-0.2, 0) is 10.0 Å². The van der Waals surface area contributed by atoms with Crippen LogP contribution in [0.3, 0.4) is 0 Å². The first-order valence-corrected chi connectivity index (χ1v) is 10.3. The quantitative estimate of drug-likeness (QED) is 0.911. The SMILES string of the molecule is CCC1CCCCN1S(=O)(=O)c1cc(-c2cc(C)[nH]n2)sc1C. The molecule has 1 aliphatic rings. The van der Waals surface area contributed by atoms with Crippen LogP contribution in [0.25, 0.3) is 10.6 Å². The fourth-order valence-corrected chi connectivity index (χ4v) is 6.51. The van der Waals surface area contributed by atoms with E-state index in [1.807, 2.05) is 19.9 Å². The summed E-state index contributed by atoms with van der Waals surface area (Å²) in [5, 5.41) is 7.15. The zero-order valence-electron chi connectivity index (χ0n) is 13.8. The summed E-state index contributed by atoms with van der Waals surface area (Å²) in [7, 11) is -3.43. The number of hydrogen-bond acceptors (Lipinski definition) is 4. The van der Waals surface area contributed by atoms with Gasteiger partial charge in [0.2, 0.25) is 10.0 Å². The Bertz CT molecular complexity index is 792. The average Bonchev–Trinajstić information content (AvgIpc) is 3.13. The van der Waals surface area contributed by atoms with E-state index in [0.717, 1.165) is 46.8 Å². The number of sulfonamides is 1. The molecule has 0 bridgehead atoms. The summed E-state index contributed by atoms with van der Waals surface area (Å²) in [4.78, 5) is 2.18. The highest BCUT2D eigenvalue weighted by Crippen LogP contribution is 2.36. The van der Waals surface area contributed by atoms with E-state index in [1.54, 1.807) is 10.4 Å². The van der Waals surface area contributed by atoms with Crippen molar-refractivity contribution in [1.29, 1.82) is 0 Å². The van der Waals surface area contributed by atoms with Crippen molar-refractivity contribution in [3.63, 3.8) is 0 Å². The van der Waals surface area contributed by atoms with Gasteiger partial charge in [0, 0.05) is 23.2 Å². The smallest absolute Gasteiger partial charge is 0.244 e. The summed E-state index contributed by atoms with van der Waals surface area (Å²) in [6.45, 7) is 6.52. The van der Waals surface area contributed by atoms with Crippen LogP contribution in [0.2, 0.25) is 0 Å². The minimum Gasteiger partial charge on any atom is -0.282 e. The minimum absolute atomic E-state index is 0.129. The molecule has 2 aromatic rings. The van der Waals surface area contributed by atoms with E-state index in [2.05, 4.69) is 17.1 Å². The first kappa shape index (κ1) is 16.7. The monoisotopic (exact) mass is 353 g/mol. The second-order valence-electron chi connectivity index (χ2n) is 6.14. The molecular weight excluding hydrogens is 330 g/mol. The van der Waals surface area contributed by atoms with Crippen molar-refractivity contribution in [2.24, 2.45) is 0 Å². The van der Waals surface area contributed by atoms with Crippen LogP contribution in [0.15, 0.2) is 17.0 Å². The van der Waals surface area contributed by atoms with Crippen molar-refractivity contribution < 1.29 is 8.42 Å². The van der Waals surface area contributed by atoms with Gasteiger partial charge in [-0.2, -0.15) is 9.40 Å². The molecule has 2 aromatic heterocycles. The van der Waals surface area contributed by atoms with Gasteiger partial charge >= 0.3 is 0 Å². The molecule has 0 amide bonds. The summed E-state index contributed by atoms with van der Waals surface area (Å²) in [5.41, 5.74) is 1.78. The lowest BCUT2D eigenvalue weighted by Gasteiger charge is -2.34. The molecule has 1 aliphatic heterocycles. The van der Waals surface area contributed by atoms with Gasteiger partial charge in [0.05, 0.1) is 9.77 Å². The topological polar surface area (TPSA) is 66.1 Å². The third kappa shape index (κ3) is 3.09. The molecule has 0 aromatic carbocycles. The number of aryl methyl sites for hydroxylation is 2. The number of thiophene rings is 1. The lowest BCUT2D eigenvalue weighted by atomic mass is 10.0. The van der Waals surface area contributed by atoms with Gasteiger partial charge in [-0.15, -0.1) is 11.3 Å². The summed E-state index contributed by atoms with van der Waals surface area (Å²) in [5.74, 6) is 0. The van der Waals surface area contributed by atoms with Gasteiger partial charge in [0.25, 0.3) is 0 Å². The van der Waals surface area contributed by atoms with Crippen LogP contribution >= 0.6 is 11.3 Å². The molecule has 0 spiro atoms. The van der Waals surface area contributed by atoms with E-state index in [-0.39, 0.29) is 6.04 Å². The maximum absolute atomic E-state index is 13.1. The predicted octanol–water partition coefficient (Wildman–Crippen LogP) is 3.71. The predicted molar refractivity (Wildman–Crippen MR) is 93.2 cm³/mol. The lowest BCUT2D eigenvalue weighted by Crippen LogP contribution is -2.43. The first-order valence-electron chi connectivity index (χ1n) is 8.08. The minimum atomic E-state index is -3.43. The largest absolute Gasteiger partial charge is 0.282 e. The third-order valence-electron chi connectivity index (χ3n) is 4.46. The van der Waals surface area contributed by atoms with Gasteiger partial charge in [-0.1, -0.05) is 13.3 Å². The van der Waals surface area contributed by atoms with Crippen molar-refractivity contribution in [1.82, 2.24) is 14.5 Å². The Morgan fingerprint density at radius 3 is 2.78 bits per heavy atom. The average molecular weight is 354 g/mol. The van der Waals surface area contributed by atoms with E-state index in [0.29, 0.717) is 11.4 Å². The molecule has 0 saturated carbocycles. The third-order valence-corrected chi connectivity index (χ3v) is 7.74. The highest BCUT2D eigenvalue weighted by molar-refractivity contribution is 7.89. The highest BCUT2D eigenvalue weighted by atomic mass is 32.2. The van der Waals surface area contributed by atoms with E-state index < -0.39 is 10.0 Å². The Kier molecular flexibility index (Phi) is 4.62. The van der Waals surface area contributed by atoms with Crippen molar-refractivity contribution in [2.45, 2.75) is 57.4 Å². The molecule has 5 nitrogen and oxygen atoms in total. The Balaban J connectivity index is 1.98. The van der Waals surface area contributed by atoms with Crippen molar-refractivity contribution in [2.75, 3.05) is 6.54 Å². The van der Waals surface area contributed by atoms with Gasteiger partial charge in [0.1, 0.15) is 5.69 Å². The number of rotatable bonds is 4. The van der Waals surface area contributed by atoms with Gasteiger partial charge in [-0.05, 0) is 45.2 Å². The molecule has 126 valence electrons. The van der Waals surface area contributed by atoms with Crippen molar-refractivity contribution >= 4 is 21.4 Å². The molecule has 3 rings (SSSR count). The normalized spacial score (nSPS) is 20.0. The summed E-state index contributed by atoms with van der Waals surface area (Å²) in [6, 6.07) is 3.85. The van der Waals surface area contributed by atoms with Crippen molar-refractivity contribution in [3.05, 3.63) is 22.7 Å². The molecule has 1 atom stereocenters. The van der Waals surface area contributed by atoms with Crippen LogP contribution in [0.1, 0.15) is 43.2 Å². The molecule has 23 heavy (non-hydrogen) atoms. The lowest BCUT2D eigenvalue weighted by molar-refractivity contribution is 0.246. The number of nitrogens with zero attached hydrogens (tertiary/aromatic N) is 2. The number of hydrogen-bond donors (Lipinski definition) is 1. The zero-order valence-corrected chi connectivity index (χ0v) is 15.4. The second kappa shape index (κ2) is 6.37. The van der Waals surface area contributed by atoms with Gasteiger partial charge in [0.15, 0.2) is 0 Å². The molecule has 7 heteroatoms. The standard InChI is InChI=1S/C16H23N3O2S2/c1-4-13-7-5-6-8-19(13)23(20,21)16-10-15(22-12(16)3)14-9-11(2)17-18-14/h9-10,13H,4-8H2,1-3H3,(H,17,18). The Morgan fingerprint density at radius 2 is 2.13 bits per heavy atom. The Hall–Kier alpha value is -1.18. The second-order valence-corrected chi connectivity index (χ2v) is 9.26. The molecule has 1 unspecified atom stereocenters. The van der Waals surface area contributed by atoms with Crippen LogP contribution in [0.5, 0.6) is 0 Å². The fourth-order valence-electron chi connectivity index (χ4n) is 3.22. The van der Waals surface area contributed by atoms with Crippen LogP contribution in [-0.4, -0.2) is 35.5 Å². The van der Waals surface area contributed by atoms with Crippen LogP contribution < -0.4 is 0 Å². The molecular formula is C16H23N3O2S2. The fraction of sp³-hybridized carbons (Fsp3) is 0.562. The number of aromatic amines is 1. The Morgan fingerprint density at radius 1 is 1.35 bits per heavy atom. The number of aromatic nitrogens is 2. The highest BCUT2D eigenvalue weighted by Gasteiger charge is 2.34. The Labute approximate surface area is 141 Å². The van der Waals surface area contributed by atoms with E-state index in [4.69, 9.17) is 0 Å². The summed E-state index contributed by atoms with van der Waals surface area (Å²) in [6.07, 6.45) is 3.90. The van der Waals surface area contributed by atoms with E-state index >= 15 is 0 Å². The molecule has 1 saturated heterocycles. The zero-order chi connectivity index (χ0) is 16.6. The maximum atomic E-state index is 13.1. The van der Waals surface area contributed by atoms with Crippen LogP contribution in [0, 0.1) is 13.8 Å². The number of H-pyrrole nitrogens is 1. The first-order chi connectivity index (χ1) is 10.9. The van der Waals surface area contributed by atoms with Gasteiger partial charge in [-0.25, -0.2) is 8.42 Å². The molecule has 1 fully saturated rings. The van der Waals surface area contributed by atoms with E-state index in [1.165, 1.54) is 11.3 Å². The van der Waals surface area contributed by atoms with Crippen molar-refractivity contribution in [3.8, 4) is 10.6 Å². The summed E-state index contributed by atoms with van der Waals surface area (Å²) >= 11 is 1.49. The van der Waals surface area contributed by atoms with Gasteiger partial charge in [-0.3, -0.25) is 5.10 Å². The van der Waals surface area contributed by atoms with Gasteiger partial charge < -0.3 is 0 Å². The molecule has 0 radical (unpaired) electrons. The summed E-state index contributed by atoms with van der Waals surface area (Å²) < 4.78 is 28.0.